The second kappa shape index (κ2) is 6.08. The third-order valence-electron chi connectivity index (χ3n) is 3.27. The summed E-state index contributed by atoms with van der Waals surface area (Å²) in [5, 5.41) is 12.7. The van der Waals surface area contributed by atoms with Crippen LogP contribution in [0.2, 0.25) is 0 Å². The summed E-state index contributed by atoms with van der Waals surface area (Å²) in [6.07, 6.45) is 5.82. The van der Waals surface area contributed by atoms with Crippen LogP contribution in [0.5, 0.6) is 0 Å². The van der Waals surface area contributed by atoms with E-state index < -0.39 is 11.6 Å². The van der Waals surface area contributed by atoms with Crippen LogP contribution >= 0.6 is 0 Å². The molecule has 1 atom stereocenters. The van der Waals surface area contributed by atoms with E-state index in [0.29, 0.717) is 5.76 Å². The summed E-state index contributed by atoms with van der Waals surface area (Å²) in [6, 6.07) is 2.89. The van der Waals surface area contributed by atoms with Crippen molar-refractivity contribution in [1.82, 2.24) is 10.8 Å². The van der Waals surface area contributed by atoms with E-state index in [9.17, 15) is 9.90 Å². The van der Waals surface area contributed by atoms with Gasteiger partial charge < -0.3 is 14.8 Å². The highest BCUT2D eigenvalue weighted by Crippen LogP contribution is 2.20. The van der Waals surface area contributed by atoms with Crippen molar-refractivity contribution < 1.29 is 19.2 Å². The molecule has 1 unspecified atom stereocenters. The molecular formula is C13H20N2O4. The van der Waals surface area contributed by atoms with Gasteiger partial charge in [-0.2, -0.15) is 0 Å². The summed E-state index contributed by atoms with van der Waals surface area (Å²) in [5.41, 5.74) is 1.11. The minimum absolute atomic E-state index is 0.0420. The van der Waals surface area contributed by atoms with Crippen LogP contribution in [-0.2, 0) is 10.4 Å². The number of carbonyl (C=O) groups is 1. The maximum Gasteiger partial charge on any atom is 0.338 e. The number of hydroxylamine groups is 1. The van der Waals surface area contributed by atoms with E-state index >= 15 is 0 Å². The number of hydrogen-bond donors (Lipinski definition) is 3. The van der Waals surface area contributed by atoms with Gasteiger partial charge in [-0.1, -0.05) is 12.8 Å². The lowest BCUT2D eigenvalue weighted by atomic mass is 10.0. The average Bonchev–Trinajstić information content (AvgIpc) is 3.06. The number of nitrogens with one attached hydrogen (secondary N) is 2. The van der Waals surface area contributed by atoms with Gasteiger partial charge >= 0.3 is 6.03 Å². The second-order valence-corrected chi connectivity index (χ2v) is 5.06. The molecule has 0 radical (unpaired) electrons. The highest BCUT2D eigenvalue weighted by Gasteiger charge is 2.27. The van der Waals surface area contributed by atoms with E-state index in [1.165, 1.54) is 6.26 Å². The molecule has 1 saturated carbocycles. The first-order valence-electron chi connectivity index (χ1n) is 6.54. The molecule has 1 aliphatic carbocycles. The van der Waals surface area contributed by atoms with Gasteiger partial charge in [0, 0.05) is 0 Å². The van der Waals surface area contributed by atoms with E-state index in [1.54, 1.807) is 19.1 Å². The Hall–Kier alpha value is -1.53. The first-order chi connectivity index (χ1) is 9.08. The molecule has 0 spiro atoms. The summed E-state index contributed by atoms with van der Waals surface area (Å²) < 4.78 is 5.12. The molecule has 1 aromatic heterocycles. The molecule has 1 aliphatic rings. The Morgan fingerprint density at radius 3 is 2.95 bits per heavy atom. The number of carbonyl (C=O) groups excluding carboxylic acids is 1. The summed E-state index contributed by atoms with van der Waals surface area (Å²) >= 11 is 0. The molecule has 0 bridgehead atoms. The van der Waals surface area contributed by atoms with Crippen molar-refractivity contribution in [3.05, 3.63) is 24.2 Å². The molecular weight excluding hydrogens is 248 g/mol. The Bertz CT molecular complexity index is 397. The van der Waals surface area contributed by atoms with Crippen LogP contribution in [0.4, 0.5) is 4.79 Å². The predicted octanol–water partition coefficient (Wildman–Crippen LogP) is 1.66. The lowest BCUT2D eigenvalue weighted by molar-refractivity contribution is -0.00386. The van der Waals surface area contributed by atoms with Gasteiger partial charge in [0.2, 0.25) is 0 Å². The van der Waals surface area contributed by atoms with Gasteiger partial charge in [-0.25, -0.2) is 10.3 Å². The van der Waals surface area contributed by atoms with Gasteiger partial charge in [0.15, 0.2) is 0 Å². The maximum atomic E-state index is 11.5. The molecule has 0 aromatic carbocycles. The Labute approximate surface area is 112 Å². The third-order valence-corrected chi connectivity index (χ3v) is 3.27. The van der Waals surface area contributed by atoms with Gasteiger partial charge in [-0.3, -0.25) is 4.84 Å². The van der Waals surface area contributed by atoms with Crippen molar-refractivity contribution in [2.45, 2.75) is 44.3 Å². The van der Waals surface area contributed by atoms with Crippen LogP contribution in [-0.4, -0.2) is 23.8 Å². The Morgan fingerprint density at radius 2 is 2.32 bits per heavy atom. The fraction of sp³-hybridized carbons (Fsp3) is 0.615. The molecule has 0 saturated heterocycles. The van der Waals surface area contributed by atoms with Crippen molar-refractivity contribution in [3.63, 3.8) is 0 Å². The van der Waals surface area contributed by atoms with Gasteiger partial charge in [-0.15, -0.1) is 0 Å². The largest absolute Gasteiger partial charge is 0.466 e. The monoisotopic (exact) mass is 268 g/mol. The van der Waals surface area contributed by atoms with Gasteiger partial charge in [0.05, 0.1) is 18.9 Å². The predicted molar refractivity (Wildman–Crippen MR) is 68.2 cm³/mol. The van der Waals surface area contributed by atoms with E-state index in [0.717, 1.165) is 25.7 Å². The number of rotatable bonds is 5. The number of furan rings is 1. The standard InChI is InChI=1S/C13H20N2O4/c1-13(17,11-7-4-8-18-11)9-14-12(16)15-19-10-5-2-3-6-10/h4,7-8,10,17H,2-3,5-6,9H2,1H3,(H2,14,15,16). The zero-order valence-electron chi connectivity index (χ0n) is 11.0. The van der Waals surface area contributed by atoms with E-state index in [4.69, 9.17) is 9.25 Å². The Balaban J connectivity index is 1.70. The SMILES string of the molecule is CC(O)(CNC(=O)NOC1CCCC1)c1ccco1. The highest BCUT2D eigenvalue weighted by molar-refractivity contribution is 5.72. The van der Waals surface area contributed by atoms with Crippen LogP contribution in [0.1, 0.15) is 38.4 Å². The van der Waals surface area contributed by atoms with Crippen LogP contribution in [0.25, 0.3) is 0 Å². The molecule has 2 amide bonds. The zero-order chi connectivity index (χ0) is 13.7. The molecule has 6 nitrogen and oxygen atoms in total. The van der Waals surface area contributed by atoms with E-state index in [2.05, 4.69) is 10.8 Å². The number of hydrogen-bond acceptors (Lipinski definition) is 4. The van der Waals surface area contributed by atoms with Gasteiger partial charge in [-0.05, 0) is 31.9 Å². The van der Waals surface area contributed by atoms with Gasteiger partial charge in [0.1, 0.15) is 11.4 Å². The summed E-state index contributed by atoms with van der Waals surface area (Å²) in [5.74, 6) is 0.407. The summed E-state index contributed by atoms with van der Waals surface area (Å²) in [6.45, 7) is 1.62. The topological polar surface area (TPSA) is 83.7 Å². The minimum Gasteiger partial charge on any atom is -0.466 e. The van der Waals surface area contributed by atoms with Crippen LogP contribution in [0, 0.1) is 0 Å². The van der Waals surface area contributed by atoms with Crippen molar-refractivity contribution in [2.24, 2.45) is 0 Å². The first kappa shape index (κ1) is 13.9. The molecule has 2 rings (SSSR count). The Morgan fingerprint density at radius 1 is 1.58 bits per heavy atom. The fourth-order valence-corrected chi connectivity index (χ4v) is 2.10. The average molecular weight is 268 g/mol. The lowest BCUT2D eigenvalue weighted by Gasteiger charge is -2.21. The molecule has 0 aliphatic heterocycles. The number of amides is 2. The lowest BCUT2D eigenvalue weighted by Crippen LogP contribution is -2.44. The van der Waals surface area contributed by atoms with Crippen molar-refractivity contribution >= 4 is 6.03 Å². The Kier molecular flexibility index (Phi) is 4.44. The molecule has 1 heterocycles. The summed E-state index contributed by atoms with van der Waals surface area (Å²) in [7, 11) is 0. The number of aliphatic hydroxyl groups is 1. The van der Waals surface area contributed by atoms with Crippen LogP contribution in [0.3, 0.4) is 0 Å². The second-order valence-electron chi connectivity index (χ2n) is 5.06. The molecule has 1 aromatic rings. The van der Waals surface area contributed by atoms with Gasteiger partial charge in [0.25, 0.3) is 0 Å². The normalized spacial score (nSPS) is 19.1. The van der Waals surface area contributed by atoms with Crippen molar-refractivity contribution in [2.75, 3.05) is 6.54 Å². The van der Waals surface area contributed by atoms with Crippen LogP contribution in [0.15, 0.2) is 22.8 Å². The fourth-order valence-electron chi connectivity index (χ4n) is 2.10. The third kappa shape index (κ3) is 3.97. The first-order valence-corrected chi connectivity index (χ1v) is 6.54. The van der Waals surface area contributed by atoms with Crippen molar-refractivity contribution in [1.29, 1.82) is 0 Å². The molecule has 19 heavy (non-hydrogen) atoms. The maximum absolute atomic E-state index is 11.5. The van der Waals surface area contributed by atoms with E-state index in [-0.39, 0.29) is 12.6 Å². The zero-order valence-corrected chi connectivity index (χ0v) is 11.0. The molecule has 106 valence electrons. The summed E-state index contributed by atoms with van der Waals surface area (Å²) in [4.78, 5) is 16.8. The molecule has 6 heteroatoms. The molecule has 3 N–H and O–H groups in total. The van der Waals surface area contributed by atoms with E-state index in [1.807, 2.05) is 0 Å². The molecule has 1 fully saturated rings. The highest BCUT2D eigenvalue weighted by atomic mass is 16.7. The quantitative estimate of drug-likeness (QED) is 0.709. The van der Waals surface area contributed by atoms with Crippen molar-refractivity contribution in [3.8, 4) is 0 Å². The van der Waals surface area contributed by atoms with Crippen LogP contribution < -0.4 is 10.8 Å². The smallest absolute Gasteiger partial charge is 0.338 e. The minimum atomic E-state index is -1.24. The number of urea groups is 1.